The summed E-state index contributed by atoms with van der Waals surface area (Å²) in [5, 5.41) is 0. The van der Waals surface area contributed by atoms with E-state index < -0.39 is 3.93 Å². The maximum absolute atomic E-state index is 10.6. The van der Waals surface area contributed by atoms with Gasteiger partial charge in [-0.15, -0.1) is 0 Å². The van der Waals surface area contributed by atoms with Crippen LogP contribution in [0.3, 0.4) is 0 Å². The van der Waals surface area contributed by atoms with E-state index in [0.717, 1.165) is 12.5 Å². The molecule has 6 heteroatoms. The number of esters is 1. The van der Waals surface area contributed by atoms with E-state index in [0.29, 0.717) is 6.61 Å². The summed E-state index contributed by atoms with van der Waals surface area (Å²) in [6.45, 7) is 3.74. The van der Waals surface area contributed by atoms with Gasteiger partial charge in [0.1, 0.15) is 0 Å². The summed E-state index contributed by atoms with van der Waals surface area (Å²) in [6, 6.07) is 0.956. The molecule has 12 heavy (non-hydrogen) atoms. The topological polar surface area (TPSA) is 26.3 Å². The van der Waals surface area contributed by atoms with E-state index in [-0.39, 0.29) is 5.97 Å². The van der Waals surface area contributed by atoms with E-state index in [1.165, 1.54) is 6.08 Å². The summed E-state index contributed by atoms with van der Waals surface area (Å²) in [4.78, 5) is 10.6. The zero-order valence-electron chi connectivity index (χ0n) is 6.36. The van der Waals surface area contributed by atoms with E-state index in [4.69, 9.17) is 4.74 Å². The molecule has 0 aromatic rings. The van der Waals surface area contributed by atoms with E-state index in [2.05, 4.69) is 52.5 Å². The van der Waals surface area contributed by atoms with Crippen LogP contribution in [0.1, 0.15) is 6.42 Å². The van der Waals surface area contributed by atoms with Crippen LogP contribution < -0.4 is 0 Å². The Morgan fingerprint density at radius 1 is 1.50 bits per heavy atom. The van der Waals surface area contributed by atoms with Crippen LogP contribution in [-0.4, -0.2) is 16.5 Å². The highest BCUT2D eigenvalue weighted by molar-refractivity contribution is 9.72. The molecule has 0 amide bonds. The van der Waals surface area contributed by atoms with Crippen LogP contribution in [0.25, 0.3) is 0 Å². The molecular formula is C6H9Br3O2Si. The number of hydrogen-bond acceptors (Lipinski definition) is 2. The molecule has 0 unspecified atom stereocenters. The number of carbonyl (C=O) groups is 1. The van der Waals surface area contributed by atoms with Crippen LogP contribution in [0.15, 0.2) is 12.7 Å². The molecule has 0 aliphatic heterocycles. The Bertz CT molecular complexity index is 167. The van der Waals surface area contributed by atoms with Crippen molar-refractivity contribution in [1.29, 1.82) is 0 Å². The zero-order chi connectivity index (χ0) is 9.61. The summed E-state index contributed by atoms with van der Waals surface area (Å²) in [5.74, 6) is -0.360. The molecule has 70 valence electrons. The van der Waals surface area contributed by atoms with Crippen molar-refractivity contribution in [3.05, 3.63) is 12.7 Å². The fourth-order valence-electron chi connectivity index (χ4n) is 0.504. The van der Waals surface area contributed by atoms with Crippen LogP contribution >= 0.6 is 45.9 Å². The Labute approximate surface area is 96.5 Å². The first-order valence-electron chi connectivity index (χ1n) is 3.31. The van der Waals surface area contributed by atoms with Crippen molar-refractivity contribution in [1.82, 2.24) is 0 Å². The third kappa shape index (κ3) is 8.96. The molecule has 0 saturated carbocycles. The molecule has 0 fully saturated rings. The quantitative estimate of drug-likeness (QED) is 0.241. The monoisotopic (exact) mass is 378 g/mol. The van der Waals surface area contributed by atoms with Gasteiger partial charge in [-0.2, -0.15) is 0 Å². The Kier molecular flexibility index (Phi) is 6.80. The van der Waals surface area contributed by atoms with Gasteiger partial charge in [0.05, 0.1) is 6.61 Å². The Hall–Kier alpha value is 0.867. The minimum Gasteiger partial charge on any atom is -0.463 e. The van der Waals surface area contributed by atoms with Gasteiger partial charge < -0.3 is 4.74 Å². The number of hydrogen-bond donors (Lipinski definition) is 0. The lowest BCUT2D eigenvalue weighted by Gasteiger charge is -2.07. The number of halogens is 3. The summed E-state index contributed by atoms with van der Waals surface area (Å²) in [6.07, 6.45) is 2.01. The summed E-state index contributed by atoms with van der Waals surface area (Å²) < 4.78 is 3.27. The molecule has 0 aliphatic rings. The smallest absolute Gasteiger partial charge is 0.330 e. The number of ether oxygens (including phenoxy) is 1. The lowest BCUT2D eigenvalue weighted by Crippen LogP contribution is -2.09. The van der Waals surface area contributed by atoms with Gasteiger partial charge in [0.2, 0.25) is 0 Å². The molecule has 0 atom stereocenters. The van der Waals surface area contributed by atoms with E-state index >= 15 is 0 Å². The molecule has 0 aromatic carbocycles. The molecule has 0 N–H and O–H groups in total. The predicted octanol–water partition coefficient (Wildman–Crippen LogP) is 3.23. The van der Waals surface area contributed by atoms with Gasteiger partial charge in [0, 0.05) is 6.08 Å². The van der Waals surface area contributed by atoms with Gasteiger partial charge in [-0.1, -0.05) is 52.5 Å². The van der Waals surface area contributed by atoms with Crippen molar-refractivity contribution in [3.8, 4) is 0 Å². The number of carbonyl (C=O) groups excluding carboxylic acids is 1. The second-order valence-electron chi connectivity index (χ2n) is 2.09. The second kappa shape index (κ2) is 6.34. The van der Waals surface area contributed by atoms with Gasteiger partial charge in [-0.25, -0.2) is 4.79 Å². The van der Waals surface area contributed by atoms with E-state index in [9.17, 15) is 4.79 Å². The first-order valence-corrected chi connectivity index (χ1v) is 12.3. The summed E-state index contributed by atoms with van der Waals surface area (Å²) in [7, 11) is 0. The Morgan fingerprint density at radius 2 is 2.08 bits per heavy atom. The maximum atomic E-state index is 10.6. The normalized spacial score (nSPS) is 10.9. The van der Waals surface area contributed by atoms with Crippen molar-refractivity contribution in [3.63, 3.8) is 0 Å². The third-order valence-corrected chi connectivity index (χ3v) is 5.50. The molecule has 0 saturated heterocycles. The molecule has 0 spiro atoms. The van der Waals surface area contributed by atoms with Crippen molar-refractivity contribution >= 4 is 55.8 Å². The SMILES string of the molecule is C=CC(=O)OCCC[Si](Br)(Br)Br. The van der Waals surface area contributed by atoms with Crippen LogP contribution in [0.2, 0.25) is 6.04 Å². The van der Waals surface area contributed by atoms with Gasteiger partial charge >= 0.3 is 5.97 Å². The van der Waals surface area contributed by atoms with E-state index in [1.54, 1.807) is 0 Å². The molecule has 0 aromatic heterocycles. The van der Waals surface area contributed by atoms with Crippen LogP contribution in [0, 0.1) is 0 Å². The highest BCUT2D eigenvalue weighted by Crippen LogP contribution is 2.32. The highest BCUT2D eigenvalue weighted by Gasteiger charge is 2.20. The van der Waals surface area contributed by atoms with Crippen LogP contribution in [-0.2, 0) is 9.53 Å². The highest BCUT2D eigenvalue weighted by atomic mass is 80.0. The molecule has 0 radical (unpaired) electrons. The second-order valence-corrected chi connectivity index (χ2v) is 25.6. The summed E-state index contributed by atoms with van der Waals surface area (Å²) in [5.41, 5.74) is 0. The van der Waals surface area contributed by atoms with Crippen molar-refractivity contribution in [2.24, 2.45) is 0 Å². The van der Waals surface area contributed by atoms with Crippen molar-refractivity contribution < 1.29 is 9.53 Å². The first kappa shape index (κ1) is 12.9. The van der Waals surface area contributed by atoms with Crippen molar-refractivity contribution in [2.45, 2.75) is 12.5 Å². The zero-order valence-corrected chi connectivity index (χ0v) is 12.1. The molecule has 2 nitrogen and oxygen atoms in total. The minimum absolute atomic E-state index is 0.360. The van der Waals surface area contributed by atoms with Gasteiger partial charge in [-0.3, -0.25) is 0 Å². The van der Waals surface area contributed by atoms with E-state index in [1.807, 2.05) is 0 Å². The fraction of sp³-hybridized carbons (Fsp3) is 0.500. The van der Waals surface area contributed by atoms with Crippen LogP contribution in [0.4, 0.5) is 0 Å². The standard InChI is InChI=1S/C6H9Br3O2Si/c1-2-6(10)11-4-3-5-12(7,8)9/h2H,1,3-5H2. The third-order valence-electron chi connectivity index (χ3n) is 1.02. The fourth-order valence-corrected chi connectivity index (χ4v) is 3.57. The summed E-state index contributed by atoms with van der Waals surface area (Å²) >= 11 is 10.4. The first-order chi connectivity index (χ1) is 5.45. The molecule has 0 bridgehead atoms. The van der Waals surface area contributed by atoms with Gasteiger partial charge in [-0.05, 0) is 12.5 Å². The Balaban J connectivity index is 3.34. The Morgan fingerprint density at radius 3 is 2.50 bits per heavy atom. The predicted molar refractivity (Wildman–Crippen MR) is 63.1 cm³/mol. The van der Waals surface area contributed by atoms with Gasteiger partial charge in [0.25, 0.3) is 3.93 Å². The molecule has 0 heterocycles. The van der Waals surface area contributed by atoms with Crippen LogP contribution in [0.5, 0.6) is 0 Å². The average Bonchev–Trinajstić information content (AvgIpc) is 1.96. The van der Waals surface area contributed by atoms with Gasteiger partial charge in [0.15, 0.2) is 0 Å². The average molecular weight is 381 g/mol. The number of rotatable bonds is 5. The molecule has 0 rings (SSSR count). The maximum Gasteiger partial charge on any atom is 0.330 e. The molecule has 0 aliphatic carbocycles. The van der Waals surface area contributed by atoms with Crippen molar-refractivity contribution in [2.75, 3.05) is 6.61 Å². The lowest BCUT2D eigenvalue weighted by molar-refractivity contribution is -0.137. The lowest BCUT2D eigenvalue weighted by atomic mass is 10.5. The molecular weight excluding hydrogens is 372 g/mol. The minimum atomic E-state index is -1.52. The largest absolute Gasteiger partial charge is 0.463 e.